The lowest BCUT2D eigenvalue weighted by atomic mass is 10.2. The molecular weight excluding hydrogens is 369 g/mol. The Hall–Kier alpha value is -3.42. The molecule has 28 heavy (non-hydrogen) atoms. The van der Waals surface area contributed by atoms with Crippen LogP contribution in [0.2, 0.25) is 0 Å². The fraction of sp³-hybridized carbons (Fsp3) is 0.150. The predicted molar refractivity (Wildman–Crippen MR) is 98.7 cm³/mol. The van der Waals surface area contributed by atoms with Gasteiger partial charge in [-0.3, -0.25) is 14.8 Å². The van der Waals surface area contributed by atoms with Crippen LogP contribution in [0.15, 0.2) is 55.0 Å². The third kappa shape index (κ3) is 4.46. The van der Waals surface area contributed by atoms with Gasteiger partial charge >= 0.3 is 0 Å². The summed E-state index contributed by atoms with van der Waals surface area (Å²) in [4.78, 5) is 22.1. The first-order valence-electron chi connectivity index (χ1n) is 8.46. The number of halogens is 3. The number of hydrogen-bond acceptors (Lipinski definition) is 4. The minimum atomic E-state index is -1.56. The van der Waals surface area contributed by atoms with E-state index in [9.17, 15) is 18.0 Å². The minimum absolute atomic E-state index is 0.144. The van der Waals surface area contributed by atoms with Crippen molar-refractivity contribution < 1.29 is 18.0 Å². The molecule has 1 aromatic carbocycles. The Morgan fingerprint density at radius 2 is 1.79 bits per heavy atom. The van der Waals surface area contributed by atoms with Crippen LogP contribution in [0, 0.1) is 17.5 Å². The van der Waals surface area contributed by atoms with Gasteiger partial charge in [-0.15, -0.1) is 0 Å². The Balaban J connectivity index is 1.70. The molecule has 0 bridgehead atoms. The number of benzene rings is 1. The van der Waals surface area contributed by atoms with Crippen LogP contribution >= 0.6 is 0 Å². The Bertz CT molecular complexity index is 982. The quantitative estimate of drug-likeness (QED) is 0.652. The molecule has 2 heterocycles. The van der Waals surface area contributed by atoms with Gasteiger partial charge in [0.05, 0.1) is 5.69 Å². The monoisotopic (exact) mass is 386 g/mol. The Morgan fingerprint density at radius 3 is 2.54 bits per heavy atom. The van der Waals surface area contributed by atoms with Crippen molar-refractivity contribution in [2.75, 3.05) is 18.9 Å². The van der Waals surface area contributed by atoms with Crippen LogP contribution in [0.3, 0.4) is 0 Å². The van der Waals surface area contributed by atoms with Crippen molar-refractivity contribution in [3.8, 4) is 0 Å². The number of likely N-dealkylation sites (N-methyl/N-ethyl adjacent to an activating group) is 1. The maximum absolute atomic E-state index is 13.8. The average molecular weight is 386 g/mol. The van der Waals surface area contributed by atoms with E-state index in [0.717, 1.165) is 17.7 Å². The number of amides is 1. The average Bonchev–Trinajstić information content (AvgIpc) is 2.73. The van der Waals surface area contributed by atoms with Gasteiger partial charge in [-0.2, -0.15) is 0 Å². The van der Waals surface area contributed by atoms with Gasteiger partial charge in [0.1, 0.15) is 5.69 Å². The van der Waals surface area contributed by atoms with Crippen molar-refractivity contribution in [3.05, 3.63) is 83.7 Å². The number of pyridine rings is 2. The van der Waals surface area contributed by atoms with Gasteiger partial charge in [0.2, 0.25) is 0 Å². The summed E-state index contributed by atoms with van der Waals surface area (Å²) < 4.78 is 40.2. The molecule has 3 aromatic rings. The summed E-state index contributed by atoms with van der Waals surface area (Å²) in [5.74, 6) is -4.49. The Morgan fingerprint density at radius 1 is 1.04 bits per heavy atom. The lowest BCUT2D eigenvalue weighted by Crippen LogP contribution is -2.29. The first kappa shape index (κ1) is 19.3. The Labute approximate surface area is 159 Å². The first-order valence-corrected chi connectivity index (χ1v) is 8.46. The van der Waals surface area contributed by atoms with Gasteiger partial charge in [-0.25, -0.2) is 13.2 Å². The van der Waals surface area contributed by atoms with E-state index < -0.39 is 17.5 Å². The molecule has 5 nitrogen and oxygen atoms in total. The Kier molecular flexibility index (Phi) is 5.88. The second-order valence-corrected chi connectivity index (χ2v) is 6.11. The second kappa shape index (κ2) is 8.51. The standard InChI is InChI=1S/C20H17F3N4O/c1-27(11-7-13-4-8-24-9-5-13)20(28)17-12-14(6-10-25-17)26-16-3-2-15(21)18(22)19(16)23/h2-6,8-10,12H,7,11H2,1H3,(H,25,26). The van der Waals surface area contributed by atoms with E-state index >= 15 is 0 Å². The van der Waals surface area contributed by atoms with Crippen LogP contribution in [-0.4, -0.2) is 34.4 Å². The lowest BCUT2D eigenvalue weighted by Gasteiger charge is -2.17. The van der Waals surface area contributed by atoms with E-state index in [1.807, 2.05) is 12.1 Å². The molecule has 0 aliphatic rings. The molecule has 2 aromatic heterocycles. The molecule has 0 aliphatic carbocycles. The third-order valence-corrected chi connectivity index (χ3v) is 4.13. The first-order chi connectivity index (χ1) is 13.5. The predicted octanol–water partition coefficient (Wildman–Crippen LogP) is 3.95. The van der Waals surface area contributed by atoms with Gasteiger partial charge in [0.15, 0.2) is 17.5 Å². The number of carbonyl (C=O) groups excluding carboxylic acids is 1. The van der Waals surface area contributed by atoms with Crippen LogP contribution in [0.4, 0.5) is 24.5 Å². The number of aromatic nitrogens is 2. The highest BCUT2D eigenvalue weighted by Crippen LogP contribution is 2.23. The maximum Gasteiger partial charge on any atom is 0.272 e. The molecule has 0 unspecified atom stereocenters. The van der Waals surface area contributed by atoms with Gasteiger partial charge in [0.25, 0.3) is 5.91 Å². The SMILES string of the molecule is CN(CCc1ccncc1)C(=O)c1cc(Nc2ccc(F)c(F)c2F)ccn1. The van der Waals surface area contributed by atoms with E-state index in [4.69, 9.17) is 0 Å². The molecule has 0 saturated carbocycles. The molecule has 1 N–H and O–H groups in total. The van der Waals surface area contributed by atoms with Crippen LogP contribution in [0.1, 0.15) is 16.1 Å². The molecule has 0 saturated heterocycles. The highest BCUT2D eigenvalue weighted by molar-refractivity contribution is 5.93. The number of hydrogen-bond donors (Lipinski definition) is 1. The molecule has 0 radical (unpaired) electrons. The molecule has 144 valence electrons. The molecular formula is C20H17F3N4O. The normalized spacial score (nSPS) is 10.6. The number of carbonyl (C=O) groups is 1. The summed E-state index contributed by atoms with van der Waals surface area (Å²) in [6.07, 6.45) is 5.41. The van der Waals surface area contributed by atoms with Crippen LogP contribution in [0.5, 0.6) is 0 Å². The van der Waals surface area contributed by atoms with Crippen molar-refractivity contribution >= 4 is 17.3 Å². The highest BCUT2D eigenvalue weighted by atomic mass is 19.2. The summed E-state index contributed by atoms with van der Waals surface area (Å²) in [5, 5.41) is 2.63. The third-order valence-electron chi connectivity index (χ3n) is 4.13. The largest absolute Gasteiger partial charge is 0.353 e. The minimum Gasteiger partial charge on any atom is -0.353 e. The van der Waals surface area contributed by atoms with Gasteiger partial charge in [0, 0.05) is 37.9 Å². The summed E-state index contributed by atoms with van der Waals surface area (Å²) >= 11 is 0. The fourth-order valence-electron chi connectivity index (χ4n) is 2.55. The zero-order valence-corrected chi connectivity index (χ0v) is 15.0. The van der Waals surface area contributed by atoms with E-state index in [1.54, 1.807) is 19.4 Å². The van der Waals surface area contributed by atoms with Gasteiger partial charge < -0.3 is 10.2 Å². The van der Waals surface area contributed by atoms with Crippen LogP contribution < -0.4 is 5.32 Å². The topological polar surface area (TPSA) is 58.1 Å². The van der Waals surface area contributed by atoms with E-state index in [0.29, 0.717) is 18.7 Å². The smallest absolute Gasteiger partial charge is 0.272 e. The fourth-order valence-corrected chi connectivity index (χ4v) is 2.55. The highest BCUT2D eigenvalue weighted by Gasteiger charge is 2.16. The number of nitrogens with one attached hydrogen (secondary N) is 1. The summed E-state index contributed by atoms with van der Waals surface area (Å²) in [5.41, 5.74) is 1.28. The van der Waals surface area contributed by atoms with Crippen molar-refractivity contribution in [1.82, 2.24) is 14.9 Å². The summed E-state index contributed by atoms with van der Waals surface area (Å²) in [7, 11) is 1.65. The van der Waals surface area contributed by atoms with Crippen molar-refractivity contribution in [3.63, 3.8) is 0 Å². The zero-order valence-electron chi connectivity index (χ0n) is 15.0. The second-order valence-electron chi connectivity index (χ2n) is 6.11. The molecule has 0 spiro atoms. The van der Waals surface area contributed by atoms with Crippen molar-refractivity contribution in [2.45, 2.75) is 6.42 Å². The number of anilines is 2. The van der Waals surface area contributed by atoms with E-state index in [2.05, 4.69) is 15.3 Å². The number of rotatable bonds is 6. The molecule has 3 rings (SSSR count). The molecule has 1 amide bonds. The summed E-state index contributed by atoms with van der Waals surface area (Å²) in [6.45, 7) is 0.472. The number of nitrogens with zero attached hydrogens (tertiary/aromatic N) is 3. The maximum atomic E-state index is 13.8. The zero-order chi connectivity index (χ0) is 20.1. The summed E-state index contributed by atoms with van der Waals surface area (Å²) in [6, 6.07) is 8.56. The van der Waals surface area contributed by atoms with E-state index in [-0.39, 0.29) is 17.3 Å². The van der Waals surface area contributed by atoms with Gasteiger partial charge in [-0.05, 0) is 48.4 Å². The van der Waals surface area contributed by atoms with Crippen molar-refractivity contribution in [1.29, 1.82) is 0 Å². The van der Waals surface area contributed by atoms with E-state index in [1.165, 1.54) is 23.2 Å². The molecule has 0 fully saturated rings. The lowest BCUT2D eigenvalue weighted by molar-refractivity contribution is 0.0791. The van der Waals surface area contributed by atoms with Crippen LogP contribution in [0.25, 0.3) is 0 Å². The molecule has 0 atom stereocenters. The molecule has 0 aliphatic heterocycles. The molecule has 8 heteroatoms. The van der Waals surface area contributed by atoms with Crippen LogP contribution in [-0.2, 0) is 6.42 Å². The van der Waals surface area contributed by atoms with Crippen molar-refractivity contribution in [2.24, 2.45) is 0 Å². The van der Waals surface area contributed by atoms with Gasteiger partial charge in [-0.1, -0.05) is 0 Å².